The molecule has 3 rings (SSSR count). The van der Waals surface area contributed by atoms with Gasteiger partial charge in [0.25, 0.3) is 0 Å². The summed E-state index contributed by atoms with van der Waals surface area (Å²) in [5, 5.41) is 9.63. The first-order valence-electron chi connectivity index (χ1n) is 6.29. The first-order chi connectivity index (χ1) is 7.72. The molecule has 0 radical (unpaired) electrons. The largest absolute Gasteiger partial charge is 0.396 e. The minimum Gasteiger partial charge on any atom is -0.396 e. The van der Waals surface area contributed by atoms with E-state index in [1.54, 1.807) is 0 Å². The minimum atomic E-state index is 0.222. The highest BCUT2D eigenvalue weighted by molar-refractivity contribution is 5.04. The maximum atomic E-state index is 9.63. The summed E-state index contributed by atoms with van der Waals surface area (Å²) in [5.74, 6) is 3.02. The predicted molar refractivity (Wildman–Crippen MR) is 61.9 cm³/mol. The van der Waals surface area contributed by atoms with Gasteiger partial charge in [0.2, 0.25) is 0 Å². The fourth-order valence-electron chi connectivity index (χ4n) is 3.43. The molecule has 1 aromatic rings. The molecule has 0 aromatic carbocycles. The fourth-order valence-corrected chi connectivity index (χ4v) is 3.43. The van der Waals surface area contributed by atoms with Crippen LogP contribution in [0.15, 0.2) is 12.4 Å². The zero-order valence-electron chi connectivity index (χ0n) is 9.89. The van der Waals surface area contributed by atoms with Crippen molar-refractivity contribution in [2.75, 3.05) is 6.61 Å². The Labute approximate surface area is 96.5 Å². The van der Waals surface area contributed by atoms with Crippen LogP contribution in [0.1, 0.15) is 31.5 Å². The second-order valence-corrected chi connectivity index (χ2v) is 5.78. The molecule has 0 saturated heterocycles. The summed E-state index contributed by atoms with van der Waals surface area (Å²) in [4.78, 5) is 4.35. The monoisotopic (exact) mass is 220 g/mol. The van der Waals surface area contributed by atoms with Crippen LogP contribution in [-0.2, 0) is 13.5 Å². The van der Waals surface area contributed by atoms with Crippen LogP contribution >= 0.6 is 0 Å². The molecule has 0 bridgehead atoms. The quantitative estimate of drug-likeness (QED) is 0.839. The van der Waals surface area contributed by atoms with Crippen LogP contribution in [0.4, 0.5) is 0 Å². The Morgan fingerprint density at radius 1 is 1.50 bits per heavy atom. The lowest BCUT2D eigenvalue weighted by Gasteiger charge is -2.28. The van der Waals surface area contributed by atoms with Gasteiger partial charge in [-0.15, -0.1) is 0 Å². The number of imidazole rings is 1. The topological polar surface area (TPSA) is 38.0 Å². The average molecular weight is 220 g/mol. The zero-order valence-corrected chi connectivity index (χ0v) is 9.89. The molecule has 88 valence electrons. The highest BCUT2D eigenvalue weighted by Gasteiger charge is 2.53. The molecule has 0 aliphatic heterocycles. The second-order valence-electron chi connectivity index (χ2n) is 5.78. The fraction of sp³-hybridized carbons (Fsp3) is 0.769. The summed E-state index contributed by atoms with van der Waals surface area (Å²) in [6, 6.07) is 0. The van der Waals surface area contributed by atoms with Gasteiger partial charge in [0, 0.05) is 32.5 Å². The zero-order chi connectivity index (χ0) is 11.2. The highest BCUT2D eigenvalue weighted by Crippen LogP contribution is 2.61. The Hall–Kier alpha value is -0.830. The molecule has 0 spiro atoms. The van der Waals surface area contributed by atoms with Crippen molar-refractivity contribution in [1.82, 2.24) is 9.55 Å². The van der Waals surface area contributed by atoms with Crippen molar-refractivity contribution in [3.05, 3.63) is 18.2 Å². The van der Waals surface area contributed by atoms with Crippen molar-refractivity contribution in [1.29, 1.82) is 0 Å². The Morgan fingerprint density at radius 3 is 2.81 bits per heavy atom. The first kappa shape index (κ1) is 10.3. The van der Waals surface area contributed by atoms with E-state index in [0.717, 1.165) is 30.5 Å². The molecule has 3 heteroatoms. The standard InChI is InChI=1S/C13H20N2O/c1-15-5-4-14-12(15)2-3-13(9-16)7-10-6-11(10)8-13/h4-5,10-11,16H,2-3,6-9H2,1H3. The average Bonchev–Trinajstić information content (AvgIpc) is 2.74. The third kappa shape index (κ3) is 1.67. The summed E-state index contributed by atoms with van der Waals surface area (Å²) in [6.45, 7) is 0.365. The van der Waals surface area contributed by atoms with Crippen molar-refractivity contribution in [2.45, 2.75) is 32.1 Å². The van der Waals surface area contributed by atoms with Crippen LogP contribution in [0.5, 0.6) is 0 Å². The minimum absolute atomic E-state index is 0.222. The van der Waals surface area contributed by atoms with E-state index in [4.69, 9.17) is 0 Å². The number of aliphatic hydroxyl groups is 1. The van der Waals surface area contributed by atoms with Gasteiger partial charge in [-0.25, -0.2) is 4.98 Å². The second kappa shape index (κ2) is 3.59. The van der Waals surface area contributed by atoms with Crippen molar-refractivity contribution in [3.63, 3.8) is 0 Å². The maximum absolute atomic E-state index is 9.63. The number of fused-ring (bicyclic) bond motifs is 1. The van der Waals surface area contributed by atoms with E-state index in [1.165, 1.54) is 19.3 Å². The molecule has 16 heavy (non-hydrogen) atoms. The van der Waals surface area contributed by atoms with E-state index in [0.29, 0.717) is 6.61 Å². The van der Waals surface area contributed by atoms with Gasteiger partial charge in [0.1, 0.15) is 5.82 Å². The molecule has 2 unspecified atom stereocenters. The van der Waals surface area contributed by atoms with E-state index < -0.39 is 0 Å². The third-order valence-corrected chi connectivity index (χ3v) is 4.59. The predicted octanol–water partition coefficient (Wildman–Crippen LogP) is 1.76. The normalized spacial score (nSPS) is 36.4. The van der Waals surface area contributed by atoms with Crippen LogP contribution in [0.3, 0.4) is 0 Å². The molecule has 2 aliphatic carbocycles. The van der Waals surface area contributed by atoms with Crippen LogP contribution < -0.4 is 0 Å². The Kier molecular flexibility index (Phi) is 2.32. The first-order valence-corrected chi connectivity index (χ1v) is 6.29. The summed E-state index contributed by atoms with van der Waals surface area (Å²) >= 11 is 0. The van der Waals surface area contributed by atoms with Gasteiger partial charge in [-0.1, -0.05) is 0 Å². The molecule has 1 N–H and O–H groups in total. The number of aryl methyl sites for hydroxylation is 2. The summed E-state index contributed by atoms with van der Waals surface area (Å²) in [6.07, 6.45) is 9.87. The smallest absolute Gasteiger partial charge is 0.108 e. The van der Waals surface area contributed by atoms with Gasteiger partial charge < -0.3 is 9.67 Å². The lowest BCUT2D eigenvalue weighted by atomic mass is 9.79. The van der Waals surface area contributed by atoms with Crippen LogP contribution in [-0.4, -0.2) is 21.3 Å². The van der Waals surface area contributed by atoms with Gasteiger partial charge in [-0.3, -0.25) is 0 Å². The van der Waals surface area contributed by atoms with E-state index >= 15 is 0 Å². The third-order valence-electron chi connectivity index (χ3n) is 4.59. The van der Waals surface area contributed by atoms with E-state index in [2.05, 4.69) is 9.55 Å². The van der Waals surface area contributed by atoms with E-state index in [9.17, 15) is 5.11 Å². The number of hydrogen-bond acceptors (Lipinski definition) is 2. The van der Waals surface area contributed by atoms with Gasteiger partial charge in [0.15, 0.2) is 0 Å². The van der Waals surface area contributed by atoms with Gasteiger partial charge >= 0.3 is 0 Å². The Balaban J connectivity index is 1.63. The number of nitrogens with zero attached hydrogens (tertiary/aromatic N) is 2. The van der Waals surface area contributed by atoms with Crippen LogP contribution in [0, 0.1) is 17.3 Å². The molecular weight excluding hydrogens is 200 g/mol. The van der Waals surface area contributed by atoms with Crippen LogP contribution in [0.25, 0.3) is 0 Å². The number of rotatable bonds is 4. The van der Waals surface area contributed by atoms with Gasteiger partial charge in [-0.05, 0) is 42.9 Å². The van der Waals surface area contributed by atoms with Crippen LogP contribution in [0.2, 0.25) is 0 Å². The molecule has 0 amide bonds. The van der Waals surface area contributed by atoms with Crippen molar-refractivity contribution >= 4 is 0 Å². The summed E-state index contributed by atoms with van der Waals surface area (Å²) in [7, 11) is 2.04. The number of hydrogen-bond donors (Lipinski definition) is 1. The van der Waals surface area contributed by atoms with E-state index in [-0.39, 0.29) is 5.41 Å². The Morgan fingerprint density at radius 2 is 2.25 bits per heavy atom. The van der Waals surface area contributed by atoms with E-state index in [1.807, 2.05) is 19.4 Å². The maximum Gasteiger partial charge on any atom is 0.108 e. The highest BCUT2D eigenvalue weighted by atomic mass is 16.3. The van der Waals surface area contributed by atoms with Gasteiger partial charge in [-0.2, -0.15) is 0 Å². The lowest BCUT2D eigenvalue weighted by molar-refractivity contribution is 0.107. The van der Waals surface area contributed by atoms with Crippen molar-refractivity contribution in [3.8, 4) is 0 Å². The van der Waals surface area contributed by atoms with Crippen molar-refractivity contribution < 1.29 is 5.11 Å². The summed E-state index contributed by atoms with van der Waals surface area (Å²) < 4.78 is 2.08. The molecule has 3 nitrogen and oxygen atoms in total. The number of aromatic nitrogens is 2. The molecule has 2 aliphatic rings. The van der Waals surface area contributed by atoms with Gasteiger partial charge in [0.05, 0.1) is 0 Å². The Bertz CT molecular complexity index is 375. The molecular formula is C13H20N2O. The molecule has 2 atom stereocenters. The molecule has 1 aromatic heterocycles. The molecule has 2 fully saturated rings. The molecule has 2 saturated carbocycles. The SMILES string of the molecule is Cn1ccnc1CCC1(CO)CC2CC2C1. The van der Waals surface area contributed by atoms with Crippen molar-refractivity contribution in [2.24, 2.45) is 24.3 Å². The lowest BCUT2D eigenvalue weighted by Crippen LogP contribution is -2.24. The summed E-state index contributed by atoms with van der Waals surface area (Å²) in [5.41, 5.74) is 0.222. The molecule has 1 heterocycles. The number of aliphatic hydroxyl groups excluding tert-OH is 1.